The van der Waals surface area contributed by atoms with Crippen LogP contribution in [0.5, 0.6) is 0 Å². The van der Waals surface area contributed by atoms with E-state index in [9.17, 15) is 0 Å². The summed E-state index contributed by atoms with van der Waals surface area (Å²) in [6.45, 7) is 4.40. The molecule has 0 amide bonds. The van der Waals surface area contributed by atoms with E-state index in [-0.39, 0.29) is 0 Å². The van der Waals surface area contributed by atoms with E-state index in [0.717, 1.165) is 4.47 Å². The lowest BCUT2D eigenvalue weighted by Crippen LogP contribution is -2.22. The van der Waals surface area contributed by atoms with Crippen LogP contribution in [0.2, 0.25) is 0 Å². The molecule has 0 saturated carbocycles. The fraction of sp³-hybridized carbons (Fsp3) is 0.286. The summed E-state index contributed by atoms with van der Waals surface area (Å²) in [5, 5.41) is 7.94. The summed E-state index contributed by atoms with van der Waals surface area (Å²) in [5.41, 5.74) is 2.66. The third-order valence-corrected chi connectivity index (χ3v) is 4.34. The van der Waals surface area contributed by atoms with Gasteiger partial charge in [0.25, 0.3) is 0 Å². The van der Waals surface area contributed by atoms with Crippen molar-refractivity contribution in [1.29, 1.82) is 0 Å². The first kappa shape index (κ1) is 12.8. The van der Waals surface area contributed by atoms with E-state index in [0.29, 0.717) is 12.1 Å². The SMILES string of the molecule is CC(N[C@@H](C)c1ccccc1Br)c1ccsc1. The summed E-state index contributed by atoms with van der Waals surface area (Å²) in [6, 6.07) is 11.2. The molecule has 2 aromatic rings. The second-order valence-electron chi connectivity index (χ2n) is 4.19. The molecule has 1 unspecified atom stereocenters. The van der Waals surface area contributed by atoms with Gasteiger partial charge >= 0.3 is 0 Å². The predicted molar refractivity (Wildman–Crippen MR) is 78.4 cm³/mol. The highest BCUT2D eigenvalue weighted by Crippen LogP contribution is 2.26. The number of benzene rings is 1. The van der Waals surface area contributed by atoms with E-state index in [2.05, 4.69) is 70.1 Å². The van der Waals surface area contributed by atoms with Gasteiger partial charge in [0.1, 0.15) is 0 Å². The Hall–Kier alpha value is -0.640. The zero-order valence-electron chi connectivity index (χ0n) is 9.98. The van der Waals surface area contributed by atoms with E-state index < -0.39 is 0 Å². The Balaban J connectivity index is 2.07. The van der Waals surface area contributed by atoms with Gasteiger partial charge in [-0.05, 0) is 47.9 Å². The van der Waals surface area contributed by atoms with E-state index in [1.54, 1.807) is 11.3 Å². The van der Waals surface area contributed by atoms with Crippen molar-refractivity contribution in [3.05, 3.63) is 56.7 Å². The first-order valence-electron chi connectivity index (χ1n) is 5.71. The maximum atomic E-state index is 3.62. The van der Waals surface area contributed by atoms with Crippen LogP contribution in [0.4, 0.5) is 0 Å². The third kappa shape index (κ3) is 3.18. The van der Waals surface area contributed by atoms with Crippen LogP contribution in [0.1, 0.15) is 37.1 Å². The molecule has 2 atom stereocenters. The van der Waals surface area contributed by atoms with Crippen LogP contribution in [-0.4, -0.2) is 0 Å². The molecule has 0 fully saturated rings. The highest BCUT2D eigenvalue weighted by atomic mass is 79.9. The van der Waals surface area contributed by atoms with Gasteiger partial charge in [-0.1, -0.05) is 34.1 Å². The van der Waals surface area contributed by atoms with Crippen LogP contribution in [-0.2, 0) is 0 Å². The summed E-state index contributed by atoms with van der Waals surface area (Å²) >= 11 is 5.34. The molecule has 0 aliphatic carbocycles. The van der Waals surface area contributed by atoms with Gasteiger partial charge < -0.3 is 5.32 Å². The van der Waals surface area contributed by atoms with Crippen LogP contribution in [0.25, 0.3) is 0 Å². The largest absolute Gasteiger partial charge is 0.304 e. The summed E-state index contributed by atoms with van der Waals surface area (Å²) in [4.78, 5) is 0. The molecular weight excluding hydrogens is 294 g/mol. The number of hydrogen-bond donors (Lipinski definition) is 1. The molecule has 3 heteroatoms. The van der Waals surface area contributed by atoms with Crippen molar-refractivity contribution >= 4 is 27.3 Å². The van der Waals surface area contributed by atoms with Crippen molar-refractivity contribution < 1.29 is 0 Å². The van der Waals surface area contributed by atoms with Crippen LogP contribution >= 0.6 is 27.3 Å². The molecule has 0 saturated heterocycles. The quantitative estimate of drug-likeness (QED) is 0.845. The van der Waals surface area contributed by atoms with Crippen molar-refractivity contribution in [3.8, 4) is 0 Å². The summed E-state index contributed by atoms with van der Waals surface area (Å²) in [6.07, 6.45) is 0. The Morgan fingerprint density at radius 1 is 1.12 bits per heavy atom. The fourth-order valence-electron chi connectivity index (χ4n) is 1.91. The molecule has 1 aromatic carbocycles. The van der Waals surface area contributed by atoms with Crippen molar-refractivity contribution in [1.82, 2.24) is 5.32 Å². The molecule has 1 N–H and O–H groups in total. The van der Waals surface area contributed by atoms with Gasteiger partial charge in [-0.15, -0.1) is 0 Å². The average Bonchev–Trinajstić information content (AvgIpc) is 2.82. The lowest BCUT2D eigenvalue weighted by Gasteiger charge is -2.20. The molecule has 2 rings (SSSR count). The summed E-state index contributed by atoms with van der Waals surface area (Å²) < 4.78 is 1.16. The topological polar surface area (TPSA) is 12.0 Å². The first-order chi connectivity index (χ1) is 8.18. The van der Waals surface area contributed by atoms with Gasteiger partial charge in [0.2, 0.25) is 0 Å². The molecular formula is C14H16BrNS. The molecule has 0 aliphatic rings. The van der Waals surface area contributed by atoms with Crippen molar-refractivity contribution in [3.63, 3.8) is 0 Å². The minimum atomic E-state index is 0.334. The lowest BCUT2D eigenvalue weighted by atomic mass is 10.1. The molecule has 0 aliphatic heterocycles. The van der Waals surface area contributed by atoms with Crippen LogP contribution < -0.4 is 5.32 Å². The number of hydrogen-bond acceptors (Lipinski definition) is 2. The monoisotopic (exact) mass is 309 g/mol. The molecule has 90 valence electrons. The first-order valence-corrected chi connectivity index (χ1v) is 7.44. The van der Waals surface area contributed by atoms with Gasteiger partial charge in [0.05, 0.1) is 0 Å². The number of halogens is 1. The molecule has 0 radical (unpaired) electrons. The zero-order valence-corrected chi connectivity index (χ0v) is 12.4. The van der Waals surface area contributed by atoms with Gasteiger partial charge in [0.15, 0.2) is 0 Å². The second kappa shape index (κ2) is 5.80. The lowest BCUT2D eigenvalue weighted by molar-refractivity contribution is 0.494. The van der Waals surface area contributed by atoms with Gasteiger partial charge in [-0.25, -0.2) is 0 Å². The van der Waals surface area contributed by atoms with Gasteiger partial charge in [-0.3, -0.25) is 0 Å². The van der Waals surface area contributed by atoms with Crippen molar-refractivity contribution in [2.75, 3.05) is 0 Å². The Labute approximate surface area is 115 Å². The van der Waals surface area contributed by atoms with E-state index in [1.165, 1.54) is 11.1 Å². The van der Waals surface area contributed by atoms with Gasteiger partial charge in [0, 0.05) is 16.6 Å². The maximum Gasteiger partial charge on any atom is 0.0308 e. The van der Waals surface area contributed by atoms with Crippen molar-refractivity contribution in [2.45, 2.75) is 25.9 Å². The minimum Gasteiger partial charge on any atom is -0.304 e. The molecule has 0 bridgehead atoms. The highest BCUT2D eigenvalue weighted by molar-refractivity contribution is 9.10. The maximum absolute atomic E-state index is 3.62. The van der Waals surface area contributed by atoms with E-state index in [1.807, 2.05) is 6.07 Å². The Bertz CT molecular complexity index is 467. The summed E-state index contributed by atoms with van der Waals surface area (Å²) in [7, 11) is 0. The minimum absolute atomic E-state index is 0.334. The number of rotatable bonds is 4. The average molecular weight is 310 g/mol. The Morgan fingerprint density at radius 2 is 1.88 bits per heavy atom. The van der Waals surface area contributed by atoms with Gasteiger partial charge in [-0.2, -0.15) is 11.3 Å². The Kier molecular flexibility index (Phi) is 4.37. The van der Waals surface area contributed by atoms with Crippen LogP contribution in [0.3, 0.4) is 0 Å². The Morgan fingerprint density at radius 3 is 2.53 bits per heavy atom. The molecule has 1 aromatic heterocycles. The predicted octanol–water partition coefficient (Wildman–Crippen LogP) is 4.92. The molecule has 1 heterocycles. The standard InChI is InChI=1S/C14H16BrNS/c1-10(12-7-8-17-9-12)16-11(2)13-5-3-4-6-14(13)15/h3-11,16H,1-2H3/t10?,11-/m0/s1. The molecule has 0 spiro atoms. The van der Waals surface area contributed by atoms with E-state index in [4.69, 9.17) is 0 Å². The van der Waals surface area contributed by atoms with E-state index >= 15 is 0 Å². The van der Waals surface area contributed by atoms with Crippen LogP contribution in [0.15, 0.2) is 45.6 Å². The fourth-order valence-corrected chi connectivity index (χ4v) is 3.29. The molecule has 1 nitrogen and oxygen atoms in total. The normalized spacial score (nSPS) is 14.5. The summed E-state index contributed by atoms with van der Waals surface area (Å²) in [5.74, 6) is 0. The highest BCUT2D eigenvalue weighted by Gasteiger charge is 2.13. The molecule has 17 heavy (non-hydrogen) atoms. The third-order valence-electron chi connectivity index (χ3n) is 2.91. The van der Waals surface area contributed by atoms with Crippen molar-refractivity contribution in [2.24, 2.45) is 0 Å². The smallest absolute Gasteiger partial charge is 0.0308 e. The van der Waals surface area contributed by atoms with Crippen LogP contribution in [0, 0.1) is 0 Å². The zero-order chi connectivity index (χ0) is 12.3. The second-order valence-corrected chi connectivity index (χ2v) is 5.82. The number of thiophene rings is 1. The number of nitrogens with one attached hydrogen (secondary N) is 1.